The first-order valence-corrected chi connectivity index (χ1v) is 10.2. The first-order chi connectivity index (χ1) is 13.7. The van der Waals surface area contributed by atoms with Gasteiger partial charge >= 0.3 is 0 Å². The van der Waals surface area contributed by atoms with Gasteiger partial charge in [0.2, 0.25) is 5.91 Å². The van der Waals surface area contributed by atoms with Crippen LogP contribution in [0.1, 0.15) is 30.5 Å². The minimum absolute atomic E-state index is 0.170. The van der Waals surface area contributed by atoms with Crippen molar-refractivity contribution in [2.24, 2.45) is 0 Å². The minimum atomic E-state index is -0.683. The Hall–Kier alpha value is -2.24. The van der Waals surface area contributed by atoms with Crippen molar-refractivity contribution in [3.63, 3.8) is 0 Å². The maximum absolute atomic E-state index is 13.0. The SMILES string of the molecule is CCNC(=O)C(C)N(Cc1ccc(Cl)cc1Cl)C(=O)COc1ccc(C)c(C)c1. The number of carbonyl (C=O) groups excluding carboxylic acids is 2. The highest BCUT2D eigenvalue weighted by Gasteiger charge is 2.26. The molecule has 0 aromatic heterocycles. The Morgan fingerprint density at radius 2 is 1.83 bits per heavy atom. The van der Waals surface area contributed by atoms with E-state index in [1.54, 1.807) is 25.1 Å². The zero-order valence-corrected chi connectivity index (χ0v) is 18.6. The van der Waals surface area contributed by atoms with Crippen LogP contribution in [-0.4, -0.2) is 35.9 Å². The average molecular weight is 437 g/mol. The molecule has 2 aromatic rings. The molecule has 0 saturated carbocycles. The number of hydrogen-bond donors (Lipinski definition) is 1. The Kier molecular flexibility index (Phi) is 8.35. The van der Waals surface area contributed by atoms with Gasteiger partial charge in [-0.15, -0.1) is 0 Å². The molecule has 0 spiro atoms. The number of nitrogens with zero attached hydrogens (tertiary/aromatic N) is 1. The van der Waals surface area contributed by atoms with Crippen LogP contribution in [0.5, 0.6) is 5.75 Å². The number of hydrogen-bond acceptors (Lipinski definition) is 3. The van der Waals surface area contributed by atoms with E-state index < -0.39 is 6.04 Å². The summed E-state index contributed by atoms with van der Waals surface area (Å²) < 4.78 is 5.68. The third-order valence-corrected chi connectivity index (χ3v) is 5.30. The quantitative estimate of drug-likeness (QED) is 0.660. The smallest absolute Gasteiger partial charge is 0.261 e. The molecule has 0 radical (unpaired) electrons. The van der Waals surface area contributed by atoms with Gasteiger partial charge in [-0.2, -0.15) is 0 Å². The molecule has 5 nitrogen and oxygen atoms in total. The first kappa shape index (κ1) is 23.0. The monoisotopic (exact) mass is 436 g/mol. The second kappa shape index (κ2) is 10.5. The molecular formula is C22H26Cl2N2O3. The Balaban J connectivity index is 2.19. The lowest BCUT2D eigenvalue weighted by Crippen LogP contribution is -2.49. The van der Waals surface area contributed by atoms with E-state index in [1.165, 1.54) is 4.90 Å². The van der Waals surface area contributed by atoms with Crippen LogP contribution in [0.4, 0.5) is 0 Å². The largest absolute Gasteiger partial charge is 0.484 e. The Morgan fingerprint density at radius 3 is 2.45 bits per heavy atom. The number of ether oxygens (including phenoxy) is 1. The lowest BCUT2D eigenvalue weighted by molar-refractivity contribution is -0.142. The van der Waals surface area contributed by atoms with Gasteiger partial charge in [-0.1, -0.05) is 35.3 Å². The molecule has 1 unspecified atom stereocenters. The highest BCUT2D eigenvalue weighted by molar-refractivity contribution is 6.35. The van der Waals surface area contributed by atoms with Gasteiger partial charge in [-0.25, -0.2) is 0 Å². The van der Waals surface area contributed by atoms with Crippen LogP contribution < -0.4 is 10.1 Å². The number of rotatable bonds is 8. The van der Waals surface area contributed by atoms with Gasteiger partial charge in [0.25, 0.3) is 5.91 Å². The topological polar surface area (TPSA) is 58.6 Å². The van der Waals surface area contributed by atoms with Gasteiger partial charge in [0.05, 0.1) is 0 Å². The Morgan fingerprint density at radius 1 is 1.10 bits per heavy atom. The normalized spacial score (nSPS) is 11.7. The Bertz CT molecular complexity index is 886. The summed E-state index contributed by atoms with van der Waals surface area (Å²) in [7, 11) is 0. The molecule has 0 aliphatic rings. The van der Waals surface area contributed by atoms with E-state index >= 15 is 0 Å². The van der Waals surface area contributed by atoms with Gasteiger partial charge in [-0.3, -0.25) is 9.59 Å². The maximum atomic E-state index is 13.0. The van der Waals surface area contributed by atoms with Crippen LogP contribution in [0.2, 0.25) is 10.0 Å². The van der Waals surface area contributed by atoms with Gasteiger partial charge in [0.1, 0.15) is 11.8 Å². The van der Waals surface area contributed by atoms with E-state index in [0.717, 1.165) is 11.1 Å². The molecule has 0 aliphatic carbocycles. The molecule has 0 heterocycles. The van der Waals surface area contributed by atoms with E-state index in [9.17, 15) is 9.59 Å². The number of likely N-dealkylation sites (N-methyl/N-ethyl adjacent to an activating group) is 1. The minimum Gasteiger partial charge on any atom is -0.484 e. The van der Waals surface area contributed by atoms with Crippen molar-refractivity contribution < 1.29 is 14.3 Å². The van der Waals surface area contributed by atoms with Crippen molar-refractivity contribution in [1.29, 1.82) is 0 Å². The van der Waals surface area contributed by atoms with E-state index in [1.807, 2.05) is 39.0 Å². The fourth-order valence-electron chi connectivity index (χ4n) is 2.77. The van der Waals surface area contributed by atoms with Crippen molar-refractivity contribution in [3.8, 4) is 5.75 Å². The molecular weight excluding hydrogens is 411 g/mol. The molecule has 2 aromatic carbocycles. The summed E-state index contributed by atoms with van der Waals surface area (Å²) in [6.45, 7) is 7.97. The van der Waals surface area contributed by atoms with E-state index in [0.29, 0.717) is 27.9 Å². The molecule has 2 rings (SSSR count). The first-order valence-electron chi connectivity index (χ1n) is 9.44. The number of halogens is 2. The van der Waals surface area contributed by atoms with Crippen LogP contribution in [0.15, 0.2) is 36.4 Å². The summed E-state index contributed by atoms with van der Waals surface area (Å²) in [5.41, 5.74) is 2.93. The summed E-state index contributed by atoms with van der Waals surface area (Å²) in [5.74, 6) is 0.0571. The van der Waals surface area contributed by atoms with Crippen molar-refractivity contribution >= 4 is 35.0 Å². The standard InChI is InChI=1S/C22H26Cl2N2O3/c1-5-25-22(28)16(4)26(12-17-7-8-18(23)11-20(17)24)21(27)13-29-19-9-6-14(2)15(3)10-19/h6-11,16H,5,12-13H2,1-4H3,(H,25,28). The second-order valence-electron chi connectivity index (χ2n) is 6.86. The van der Waals surface area contributed by atoms with Crippen molar-refractivity contribution in [3.05, 3.63) is 63.1 Å². The number of carbonyl (C=O) groups is 2. The predicted molar refractivity (Wildman–Crippen MR) is 117 cm³/mol. The van der Waals surface area contributed by atoms with Crippen LogP contribution in [0.25, 0.3) is 0 Å². The molecule has 2 amide bonds. The van der Waals surface area contributed by atoms with E-state index in [-0.39, 0.29) is 25.0 Å². The Labute approximate surface area is 181 Å². The molecule has 1 N–H and O–H groups in total. The molecule has 156 valence electrons. The number of nitrogens with one attached hydrogen (secondary N) is 1. The van der Waals surface area contributed by atoms with Crippen molar-refractivity contribution in [1.82, 2.24) is 10.2 Å². The fraction of sp³-hybridized carbons (Fsp3) is 0.364. The summed E-state index contributed by atoms with van der Waals surface area (Å²) in [4.78, 5) is 26.8. The average Bonchev–Trinajstić information content (AvgIpc) is 2.67. The number of amides is 2. The summed E-state index contributed by atoms with van der Waals surface area (Å²) in [6, 6.07) is 10.0. The molecule has 0 aliphatic heterocycles. The predicted octanol–water partition coefficient (Wildman–Crippen LogP) is 4.54. The molecule has 29 heavy (non-hydrogen) atoms. The summed E-state index contributed by atoms with van der Waals surface area (Å²) in [5, 5.41) is 3.69. The highest BCUT2D eigenvalue weighted by Crippen LogP contribution is 2.23. The second-order valence-corrected chi connectivity index (χ2v) is 7.71. The highest BCUT2D eigenvalue weighted by atomic mass is 35.5. The van der Waals surface area contributed by atoms with Crippen molar-refractivity contribution in [2.75, 3.05) is 13.2 Å². The summed E-state index contributed by atoms with van der Waals surface area (Å²) >= 11 is 12.2. The summed E-state index contributed by atoms with van der Waals surface area (Å²) in [6.07, 6.45) is 0. The van der Waals surface area contributed by atoms with Crippen LogP contribution >= 0.6 is 23.2 Å². The third kappa shape index (κ3) is 6.38. The zero-order chi connectivity index (χ0) is 21.6. The maximum Gasteiger partial charge on any atom is 0.261 e. The molecule has 0 saturated heterocycles. The molecule has 0 bridgehead atoms. The number of aryl methyl sites for hydroxylation is 2. The van der Waals surface area contributed by atoms with Gasteiger partial charge in [-0.05, 0) is 68.7 Å². The fourth-order valence-corrected chi connectivity index (χ4v) is 3.24. The van der Waals surface area contributed by atoms with Gasteiger partial charge < -0.3 is 15.0 Å². The molecule has 1 atom stereocenters. The lowest BCUT2D eigenvalue weighted by atomic mass is 10.1. The van der Waals surface area contributed by atoms with Crippen LogP contribution in [0.3, 0.4) is 0 Å². The van der Waals surface area contributed by atoms with Crippen molar-refractivity contribution in [2.45, 2.75) is 40.3 Å². The van der Waals surface area contributed by atoms with Gasteiger partial charge in [0.15, 0.2) is 6.61 Å². The van der Waals surface area contributed by atoms with Crippen LogP contribution in [0, 0.1) is 13.8 Å². The number of benzene rings is 2. The van der Waals surface area contributed by atoms with E-state index in [4.69, 9.17) is 27.9 Å². The third-order valence-electron chi connectivity index (χ3n) is 4.71. The lowest BCUT2D eigenvalue weighted by Gasteiger charge is -2.29. The van der Waals surface area contributed by atoms with E-state index in [2.05, 4.69) is 5.32 Å². The molecule has 0 fully saturated rings. The zero-order valence-electron chi connectivity index (χ0n) is 17.1. The van der Waals surface area contributed by atoms with Crippen LogP contribution in [-0.2, 0) is 16.1 Å². The van der Waals surface area contributed by atoms with Gasteiger partial charge in [0, 0.05) is 23.1 Å². The molecule has 7 heteroatoms.